The summed E-state index contributed by atoms with van der Waals surface area (Å²) in [7, 11) is 1.82. The fourth-order valence-corrected chi connectivity index (χ4v) is 1.35. The summed E-state index contributed by atoms with van der Waals surface area (Å²) in [5, 5.41) is 22.2. The third kappa shape index (κ3) is 2.92. The normalized spacial score (nSPS) is 10.8. The Morgan fingerprint density at radius 3 is 2.58 bits per heavy atom. The fourth-order valence-electron chi connectivity index (χ4n) is 1.35. The van der Waals surface area contributed by atoms with Crippen molar-refractivity contribution in [2.45, 2.75) is 6.92 Å². The zero-order valence-corrected chi connectivity index (χ0v) is 10.4. The molecule has 0 fully saturated rings. The van der Waals surface area contributed by atoms with Gasteiger partial charge in [0.05, 0.1) is 11.1 Å². The molecular weight excluding hydrogens is 248 g/mol. The van der Waals surface area contributed by atoms with Gasteiger partial charge in [0, 0.05) is 19.2 Å². The number of nitrogens with one attached hydrogen (secondary N) is 1. The van der Waals surface area contributed by atoms with Crippen molar-refractivity contribution in [3.8, 4) is 0 Å². The van der Waals surface area contributed by atoms with Gasteiger partial charge in [-0.3, -0.25) is 14.7 Å². The van der Waals surface area contributed by atoms with Crippen LogP contribution in [0.5, 0.6) is 0 Å². The van der Waals surface area contributed by atoms with Crippen LogP contribution in [0.3, 0.4) is 0 Å². The van der Waals surface area contributed by atoms with Crippen molar-refractivity contribution in [2.75, 3.05) is 5.43 Å². The largest absolute Gasteiger partial charge is 0.299 e. The van der Waals surface area contributed by atoms with Gasteiger partial charge < -0.3 is 0 Å². The van der Waals surface area contributed by atoms with Crippen LogP contribution in [0.15, 0.2) is 29.4 Å². The summed E-state index contributed by atoms with van der Waals surface area (Å²) in [5.74, 6) is 1.30. The maximum absolute atomic E-state index is 10.5. The molecule has 2 rings (SSSR count). The molecule has 0 aliphatic rings. The lowest BCUT2D eigenvalue weighted by atomic mass is 10.2. The van der Waals surface area contributed by atoms with Crippen LogP contribution in [-0.4, -0.2) is 25.9 Å². The molecule has 1 N–H and O–H groups in total. The van der Waals surface area contributed by atoms with E-state index in [9.17, 15) is 10.1 Å². The van der Waals surface area contributed by atoms with Crippen LogP contribution in [0.2, 0.25) is 0 Å². The summed E-state index contributed by atoms with van der Waals surface area (Å²) in [4.78, 5) is 10.0. The highest BCUT2D eigenvalue weighted by atomic mass is 16.6. The Balaban J connectivity index is 2.03. The topological polar surface area (TPSA) is 98.2 Å². The van der Waals surface area contributed by atoms with E-state index >= 15 is 0 Å². The monoisotopic (exact) mass is 260 g/mol. The zero-order chi connectivity index (χ0) is 13.8. The second kappa shape index (κ2) is 5.25. The summed E-state index contributed by atoms with van der Waals surface area (Å²) in [6, 6.07) is 6.08. The van der Waals surface area contributed by atoms with Crippen LogP contribution >= 0.6 is 0 Å². The third-order valence-corrected chi connectivity index (χ3v) is 2.57. The fraction of sp³-hybridized carbons (Fsp3) is 0.182. The first-order valence-corrected chi connectivity index (χ1v) is 5.47. The highest BCUT2D eigenvalue weighted by molar-refractivity contribution is 5.80. The van der Waals surface area contributed by atoms with Gasteiger partial charge in [-0.25, -0.2) is 5.43 Å². The molecule has 0 unspecified atom stereocenters. The van der Waals surface area contributed by atoms with E-state index in [0.717, 1.165) is 11.4 Å². The van der Waals surface area contributed by atoms with Gasteiger partial charge in [-0.05, 0) is 24.6 Å². The van der Waals surface area contributed by atoms with E-state index in [2.05, 4.69) is 20.7 Å². The van der Waals surface area contributed by atoms with Gasteiger partial charge in [0.15, 0.2) is 0 Å². The molecule has 8 nitrogen and oxygen atoms in total. The van der Waals surface area contributed by atoms with Crippen LogP contribution in [0.1, 0.15) is 11.4 Å². The number of nitro groups is 1. The lowest BCUT2D eigenvalue weighted by Gasteiger charge is -1.99. The Kier molecular flexibility index (Phi) is 3.51. The predicted molar refractivity (Wildman–Crippen MR) is 70.1 cm³/mol. The van der Waals surface area contributed by atoms with Crippen molar-refractivity contribution >= 4 is 17.9 Å². The Hall–Kier alpha value is -2.77. The number of hydrogen-bond acceptors (Lipinski definition) is 6. The predicted octanol–water partition coefficient (Wildman–Crippen LogP) is 1.48. The Bertz CT molecular complexity index is 617. The van der Waals surface area contributed by atoms with Gasteiger partial charge in [0.25, 0.3) is 5.69 Å². The third-order valence-electron chi connectivity index (χ3n) is 2.57. The van der Waals surface area contributed by atoms with Gasteiger partial charge >= 0.3 is 0 Å². The van der Waals surface area contributed by atoms with Crippen molar-refractivity contribution in [3.05, 3.63) is 45.8 Å². The van der Waals surface area contributed by atoms with E-state index in [4.69, 9.17) is 0 Å². The molecular formula is C11H12N6O2. The van der Waals surface area contributed by atoms with E-state index in [-0.39, 0.29) is 5.69 Å². The van der Waals surface area contributed by atoms with Crippen molar-refractivity contribution in [1.29, 1.82) is 0 Å². The molecule has 8 heteroatoms. The lowest BCUT2D eigenvalue weighted by molar-refractivity contribution is -0.384. The van der Waals surface area contributed by atoms with Gasteiger partial charge in [-0.2, -0.15) is 5.10 Å². The van der Waals surface area contributed by atoms with Crippen molar-refractivity contribution in [3.63, 3.8) is 0 Å². The molecule has 0 spiro atoms. The van der Waals surface area contributed by atoms with Crippen LogP contribution in [-0.2, 0) is 7.05 Å². The molecule has 98 valence electrons. The summed E-state index contributed by atoms with van der Waals surface area (Å²) in [6.07, 6.45) is 1.55. The quantitative estimate of drug-likeness (QED) is 0.510. The molecule has 0 radical (unpaired) electrons. The minimum absolute atomic E-state index is 0.0500. The average molecular weight is 260 g/mol. The Labute approximate surface area is 108 Å². The number of aryl methyl sites for hydroxylation is 1. The maximum atomic E-state index is 10.5. The minimum atomic E-state index is -0.443. The van der Waals surface area contributed by atoms with Crippen molar-refractivity contribution in [2.24, 2.45) is 12.1 Å². The number of benzene rings is 1. The molecule has 0 aliphatic carbocycles. The molecule has 0 saturated carbocycles. The molecule has 0 amide bonds. The first-order chi connectivity index (χ1) is 9.08. The number of nitro benzene ring substituents is 1. The summed E-state index contributed by atoms with van der Waals surface area (Å²) >= 11 is 0. The number of non-ortho nitro benzene ring substituents is 1. The van der Waals surface area contributed by atoms with Crippen molar-refractivity contribution < 1.29 is 4.92 Å². The number of hydrogen-bond donors (Lipinski definition) is 1. The second-order valence-corrected chi connectivity index (χ2v) is 3.85. The van der Waals surface area contributed by atoms with E-state index in [1.165, 1.54) is 12.1 Å². The van der Waals surface area contributed by atoms with Crippen LogP contribution in [0, 0.1) is 17.0 Å². The van der Waals surface area contributed by atoms with Crippen LogP contribution in [0.4, 0.5) is 11.6 Å². The number of anilines is 1. The molecule has 0 aliphatic heterocycles. The van der Waals surface area contributed by atoms with Gasteiger partial charge in [-0.15, -0.1) is 10.2 Å². The molecule has 0 bridgehead atoms. The van der Waals surface area contributed by atoms with Gasteiger partial charge in [0.1, 0.15) is 5.82 Å². The van der Waals surface area contributed by atoms with Gasteiger partial charge in [0.2, 0.25) is 5.95 Å². The molecule has 1 aromatic heterocycles. The highest BCUT2D eigenvalue weighted by Gasteiger charge is 2.03. The number of hydrazone groups is 1. The summed E-state index contributed by atoms with van der Waals surface area (Å²) in [6.45, 7) is 1.83. The molecule has 1 aromatic carbocycles. The van der Waals surface area contributed by atoms with Crippen LogP contribution in [0.25, 0.3) is 0 Å². The van der Waals surface area contributed by atoms with Crippen molar-refractivity contribution in [1.82, 2.24) is 14.8 Å². The van der Waals surface area contributed by atoms with Gasteiger partial charge in [-0.1, -0.05) is 0 Å². The second-order valence-electron chi connectivity index (χ2n) is 3.85. The van der Waals surface area contributed by atoms with E-state index in [0.29, 0.717) is 5.95 Å². The average Bonchev–Trinajstić information content (AvgIpc) is 2.71. The zero-order valence-electron chi connectivity index (χ0n) is 10.4. The summed E-state index contributed by atoms with van der Waals surface area (Å²) < 4.78 is 1.76. The molecule has 0 saturated heterocycles. The molecule has 1 heterocycles. The van der Waals surface area contributed by atoms with Crippen LogP contribution < -0.4 is 5.43 Å². The van der Waals surface area contributed by atoms with E-state index in [1.54, 1.807) is 22.9 Å². The molecule has 0 atom stereocenters. The Morgan fingerprint density at radius 1 is 1.37 bits per heavy atom. The molecule has 19 heavy (non-hydrogen) atoms. The Morgan fingerprint density at radius 2 is 2.05 bits per heavy atom. The standard InChI is InChI=1S/C11H12N6O2/c1-8-13-15-11(16(8)2)14-12-7-9-3-5-10(6-4-9)17(18)19/h3-7H,1-2H3,(H,14,15)/b12-7-. The lowest BCUT2D eigenvalue weighted by Crippen LogP contribution is -2.00. The number of nitrogens with zero attached hydrogens (tertiary/aromatic N) is 5. The summed E-state index contributed by atoms with van der Waals surface area (Å²) in [5.41, 5.74) is 3.54. The minimum Gasteiger partial charge on any atom is -0.299 e. The first kappa shape index (κ1) is 12.7. The highest BCUT2D eigenvalue weighted by Crippen LogP contribution is 2.10. The van der Waals surface area contributed by atoms with E-state index < -0.39 is 4.92 Å². The number of rotatable bonds is 4. The number of aromatic nitrogens is 3. The SMILES string of the molecule is Cc1nnc(N/N=C\c2ccc([N+](=O)[O-])cc2)n1C. The smallest absolute Gasteiger partial charge is 0.269 e. The first-order valence-electron chi connectivity index (χ1n) is 5.47. The molecule has 2 aromatic rings. The maximum Gasteiger partial charge on any atom is 0.269 e. The van der Waals surface area contributed by atoms with E-state index in [1.807, 2.05) is 14.0 Å².